The Morgan fingerprint density at radius 2 is 2.42 bits per heavy atom. The van der Waals surface area contributed by atoms with Crippen molar-refractivity contribution in [3.63, 3.8) is 0 Å². The van der Waals surface area contributed by atoms with E-state index in [1.807, 2.05) is 16.7 Å². The third-order valence-corrected chi connectivity index (χ3v) is 4.80. The second-order valence-electron chi connectivity index (χ2n) is 5.02. The first-order valence-electron chi connectivity index (χ1n) is 6.84. The smallest absolute Gasteiger partial charge is 0.257 e. The zero-order valence-corrected chi connectivity index (χ0v) is 11.7. The van der Waals surface area contributed by atoms with Gasteiger partial charge in [-0.3, -0.25) is 9.89 Å². The van der Waals surface area contributed by atoms with Gasteiger partial charge < -0.3 is 9.64 Å². The number of carbonyl (C=O) groups is 1. The summed E-state index contributed by atoms with van der Waals surface area (Å²) < 4.78 is 5.41. The molecule has 0 bridgehead atoms. The van der Waals surface area contributed by atoms with E-state index in [2.05, 4.69) is 10.2 Å². The molecule has 2 fully saturated rings. The van der Waals surface area contributed by atoms with E-state index in [0.29, 0.717) is 12.5 Å². The van der Waals surface area contributed by atoms with Crippen LogP contribution in [-0.4, -0.2) is 58.8 Å². The number of H-pyrrole nitrogens is 1. The van der Waals surface area contributed by atoms with Gasteiger partial charge in [0, 0.05) is 31.4 Å². The van der Waals surface area contributed by atoms with Crippen molar-refractivity contribution in [2.75, 3.05) is 37.8 Å². The Morgan fingerprint density at radius 1 is 1.47 bits per heavy atom. The standard InChI is InChI=1S/C13H19N3O2S/c17-13(16-3-1-6-19-7-4-16)11-8-14-15-12(11)10-2-5-18-9-10/h8,10H,1-7,9H2,(H,14,15)/t10-/m0/s1. The van der Waals surface area contributed by atoms with Gasteiger partial charge in [0.15, 0.2) is 0 Å². The van der Waals surface area contributed by atoms with Crippen LogP contribution in [-0.2, 0) is 4.74 Å². The Morgan fingerprint density at radius 3 is 3.26 bits per heavy atom. The summed E-state index contributed by atoms with van der Waals surface area (Å²) in [7, 11) is 0. The van der Waals surface area contributed by atoms with Crippen molar-refractivity contribution >= 4 is 17.7 Å². The molecule has 0 aliphatic carbocycles. The molecule has 0 radical (unpaired) electrons. The molecule has 3 heterocycles. The normalized spacial score (nSPS) is 24.4. The lowest BCUT2D eigenvalue weighted by molar-refractivity contribution is 0.0767. The molecule has 0 aromatic carbocycles. The molecule has 6 heteroatoms. The summed E-state index contributed by atoms with van der Waals surface area (Å²) in [5, 5.41) is 7.07. The Kier molecular flexibility index (Phi) is 4.08. The SMILES string of the molecule is O=C(c1cn[nH]c1[C@H]1CCOC1)N1CCCSCC1. The van der Waals surface area contributed by atoms with Crippen LogP contribution in [0.15, 0.2) is 6.20 Å². The van der Waals surface area contributed by atoms with E-state index in [0.717, 1.165) is 55.3 Å². The number of rotatable bonds is 2. The second kappa shape index (κ2) is 5.96. The largest absolute Gasteiger partial charge is 0.381 e. The first kappa shape index (κ1) is 13.0. The fourth-order valence-corrected chi connectivity index (χ4v) is 3.55. The topological polar surface area (TPSA) is 58.2 Å². The van der Waals surface area contributed by atoms with Gasteiger partial charge in [0.2, 0.25) is 0 Å². The molecule has 1 N–H and O–H groups in total. The fraction of sp³-hybridized carbons (Fsp3) is 0.692. The molecule has 1 aromatic rings. The number of aromatic nitrogens is 2. The summed E-state index contributed by atoms with van der Waals surface area (Å²) >= 11 is 1.93. The molecule has 104 valence electrons. The van der Waals surface area contributed by atoms with E-state index in [-0.39, 0.29) is 5.91 Å². The predicted molar refractivity (Wildman–Crippen MR) is 74.6 cm³/mol. The van der Waals surface area contributed by atoms with E-state index >= 15 is 0 Å². The summed E-state index contributed by atoms with van der Waals surface area (Å²) in [6.45, 7) is 3.17. The van der Waals surface area contributed by atoms with E-state index < -0.39 is 0 Å². The van der Waals surface area contributed by atoms with Gasteiger partial charge in [0.25, 0.3) is 5.91 Å². The van der Waals surface area contributed by atoms with Crippen LogP contribution < -0.4 is 0 Å². The number of ether oxygens (including phenoxy) is 1. The van der Waals surface area contributed by atoms with Gasteiger partial charge in [0.05, 0.1) is 24.1 Å². The molecule has 19 heavy (non-hydrogen) atoms. The highest BCUT2D eigenvalue weighted by Crippen LogP contribution is 2.27. The van der Waals surface area contributed by atoms with Gasteiger partial charge in [-0.05, 0) is 18.6 Å². The van der Waals surface area contributed by atoms with Crippen LogP contribution in [0.4, 0.5) is 0 Å². The maximum atomic E-state index is 12.6. The molecular formula is C13H19N3O2S. The maximum Gasteiger partial charge on any atom is 0.257 e. The third-order valence-electron chi connectivity index (χ3n) is 3.75. The summed E-state index contributed by atoms with van der Waals surface area (Å²) in [6, 6.07) is 0. The number of nitrogens with zero attached hydrogens (tertiary/aromatic N) is 2. The van der Waals surface area contributed by atoms with Crippen LogP contribution in [0.25, 0.3) is 0 Å². The zero-order valence-electron chi connectivity index (χ0n) is 10.9. The molecule has 2 aliphatic rings. The van der Waals surface area contributed by atoms with E-state index in [1.54, 1.807) is 6.20 Å². The number of nitrogens with one attached hydrogen (secondary N) is 1. The van der Waals surface area contributed by atoms with E-state index in [1.165, 1.54) is 0 Å². The van der Waals surface area contributed by atoms with Crippen molar-refractivity contribution in [2.24, 2.45) is 0 Å². The Bertz CT molecular complexity index is 435. The first-order valence-corrected chi connectivity index (χ1v) is 8.00. The molecular weight excluding hydrogens is 262 g/mol. The van der Waals surface area contributed by atoms with Crippen LogP contribution in [0.1, 0.15) is 34.8 Å². The van der Waals surface area contributed by atoms with Gasteiger partial charge in [-0.1, -0.05) is 0 Å². The molecule has 1 aromatic heterocycles. The predicted octanol–water partition coefficient (Wildman–Crippen LogP) is 1.49. The molecule has 0 saturated carbocycles. The summed E-state index contributed by atoms with van der Waals surface area (Å²) in [4.78, 5) is 14.6. The average Bonchev–Trinajstić information content (AvgIpc) is 3.03. The lowest BCUT2D eigenvalue weighted by Crippen LogP contribution is -2.33. The van der Waals surface area contributed by atoms with Crippen LogP contribution >= 0.6 is 11.8 Å². The molecule has 1 amide bonds. The van der Waals surface area contributed by atoms with Crippen molar-refractivity contribution in [1.82, 2.24) is 15.1 Å². The number of hydrogen-bond acceptors (Lipinski definition) is 4. The fourth-order valence-electron chi connectivity index (χ4n) is 2.66. The first-order chi connectivity index (χ1) is 9.36. The lowest BCUT2D eigenvalue weighted by atomic mass is 10.0. The van der Waals surface area contributed by atoms with Gasteiger partial charge in [-0.15, -0.1) is 0 Å². The number of thioether (sulfide) groups is 1. The summed E-state index contributed by atoms with van der Waals surface area (Å²) in [5.74, 6) is 2.60. The van der Waals surface area contributed by atoms with Crippen molar-refractivity contribution in [1.29, 1.82) is 0 Å². The highest BCUT2D eigenvalue weighted by Gasteiger charge is 2.27. The number of aromatic amines is 1. The van der Waals surface area contributed by atoms with Gasteiger partial charge in [-0.25, -0.2) is 0 Å². The van der Waals surface area contributed by atoms with Gasteiger partial charge in [-0.2, -0.15) is 16.9 Å². The van der Waals surface area contributed by atoms with Crippen LogP contribution in [0.3, 0.4) is 0 Å². The molecule has 3 rings (SSSR count). The van der Waals surface area contributed by atoms with E-state index in [9.17, 15) is 4.79 Å². The van der Waals surface area contributed by atoms with Crippen molar-refractivity contribution < 1.29 is 9.53 Å². The second-order valence-corrected chi connectivity index (χ2v) is 6.24. The number of carbonyl (C=O) groups excluding carboxylic acids is 1. The van der Waals surface area contributed by atoms with E-state index in [4.69, 9.17) is 4.74 Å². The number of amides is 1. The molecule has 5 nitrogen and oxygen atoms in total. The molecule has 0 unspecified atom stereocenters. The quantitative estimate of drug-likeness (QED) is 0.892. The van der Waals surface area contributed by atoms with Crippen LogP contribution in [0.2, 0.25) is 0 Å². The summed E-state index contributed by atoms with van der Waals surface area (Å²) in [6.07, 6.45) is 3.72. The third kappa shape index (κ3) is 2.79. The Balaban J connectivity index is 1.77. The van der Waals surface area contributed by atoms with Gasteiger partial charge in [0.1, 0.15) is 0 Å². The van der Waals surface area contributed by atoms with Crippen molar-refractivity contribution in [3.05, 3.63) is 17.5 Å². The monoisotopic (exact) mass is 281 g/mol. The molecule has 1 atom stereocenters. The Labute approximate surface area is 117 Å². The van der Waals surface area contributed by atoms with Gasteiger partial charge >= 0.3 is 0 Å². The minimum atomic E-state index is 0.123. The van der Waals surface area contributed by atoms with Crippen molar-refractivity contribution in [2.45, 2.75) is 18.8 Å². The lowest BCUT2D eigenvalue weighted by Gasteiger charge is -2.20. The Hall–Kier alpha value is -1.01. The highest BCUT2D eigenvalue weighted by atomic mass is 32.2. The number of hydrogen-bond donors (Lipinski definition) is 1. The van der Waals surface area contributed by atoms with Crippen molar-refractivity contribution in [3.8, 4) is 0 Å². The zero-order chi connectivity index (χ0) is 13.1. The summed E-state index contributed by atoms with van der Waals surface area (Å²) in [5.41, 5.74) is 1.70. The highest BCUT2D eigenvalue weighted by molar-refractivity contribution is 7.99. The molecule has 0 spiro atoms. The van der Waals surface area contributed by atoms with Crippen LogP contribution in [0.5, 0.6) is 0 Å². The molecule has 2 saturated heterocycles. The maximum absolute atomic E-state index is 12.6. The minimum absolute atomic E-state index is 0.123. The molecule has 2 aliphatic heterocycles. The minimum Gasteiger partial charge on any atom is -0.381 e. The van der Waals surface area contributed by atoms with Crippen LogP contribution in [0, 0.1) is 0 Å². The average molecular weight is 281 g/mol.